The number of anilines is 1. The summed E-state index contributed by atoms with van der Waals surface area (Å²) in [6.07, 6.45) is 3.53. The van der Waals surface area contributed by atoms with Gasteiger partial charge >= 0.3 is 0 Å². The second-order valence-electron chi connectivity index (χ2n) is 5.20. The van der Waals surface area contributed by atoms with Crippen LogP contribution in [0.4, 0.5) is 5.82 Å². The molecule has 1 unspecified atom stereocenters. The summed E-state index contributed by atoms with van der Waals surface area (Å²) in [6, 6.07) is 12.7. The molecule has 0 saturated carbocycles. The molecule has 0 spiro atoms. The lowest BCUT2D eigenvalue weighted by molar-refractivity contribution is 0.339. The molecule has 2 aromatic rings. The fraction of sp³-hybridized carbons (Fsp3) is 0.312. The lowest BCUT2D eigenvalue weighted by Gasteiger charge is -2.13. The van der Waals surface area contributed by atoms with Crippen LogP contribution >= 0.6 is 0 Å². The van der Waals surface area contributed by atoms with E-state index in [2.05, 4.69) is 29.6 Å². The van der Waals surface area contributed by atoms with E-state index < -0.39 is 0 Å². The van der Waals surface area contributed by atoms with E-state index in [-0.39, 0.29) is 6.04 Å². The van der Waals surface area contributed by atoms with Crippen molar-refractivity contribution in [2.45, 2.75) is 25.3 Å². The Bertz CT molecular complexity index is 624. The zero-order valence-corrected chi connectivity index (χ0v) is 10.7. The first-order chi connectivity index (χ1) is 9.40. The minimum atomic E-state index is 0.211. The largest absolute Gasteiger partial charge is 0.491 e. The zero-order valence-electron chi connectivity index (χ0n) is 10.7. The number of rotatable bonds is 2. The van der Waals surface area contributed by atoms with Crippen LogP contribution in [0.5, 0.6) is 5.75 Å². The van der Waals surface area contributed by atoms with Crippen LogP contribution in [0.15, 0.2) is 36.4 Å². The highest BCUT2D eigenvalue weighted by molar-refractivity contribution is 5.47. The molecule has 96 valence electrons. The van der Waals surface area contributed by atoms with E-state index in [4.69, 9.17) is 9.72 Å². The number of aryl methyl sites for hydroxylation is 2. The number of benzene rings is 1. The molecular formula is C16H16N2O. The van der Waals surface area contributed by atoms with Crippen molar-refractivity contribution in [3.8, 4) is 5.75 Å². The number of nitrogens with one attached hydrogen (secondary N) is 1. The molecule has 19 heavy (non-hydrogen) atoms. The third kappa shape index (κ3) is 1.86. The molecule has 2 aliphatic rings. The van der Waals surface area contributed by atoms with Gasteiger partial charge in [0, 0.05) is 11.3 Å². The van der Waals surface area contributed by atoms with Gasteiger partial charge in [0.2, 0.25) is 0 Å². The molecule has 1 N–H and O–H groups in total. The molecule has 0 amide bonds. The number of pyridine rings is 1. The Balaban J connectivity index is 1.60. The summed E-state index contributed by atoms with van der Waals surface area (Å²) in [6.45, 7) is 0.679. The van der Waals surface area contributed by atoms with Crippen molar-refractivity contribution in [1.82, 2.24) is 4.98 Å². The lowest BCUT2D eigenvalue weighted by atomic mass is 10.1. The Morgan fingerprint density at radius 3 is 3.05 bits per heavy atom. The molecule has 1 aliphatic carbocycles. The molecule has 4 rings (SSSR count). The number of hydrogen-bond donors (Lipinski definition) is 1. The van der Waals surface area contributed by atoms with Gasteiger partial charge in [0.1, 0.15) is 18.2 Å². The Kier molecular flexibility index (Phi) is 2.44. The van der Waals surface area contributed by atoms with Crippen molar-refractivity contribution in [2.75, 3.05) is 11.9 Å². The summed E-state index contributed by atoms with van der Waals surface area (Å²) < 4.78 is 5.69. The SMILES string of the molecule is c1ccc2c(c1)OCC2Nc1ccc2c(n1)CCC2. The van der Waals surface area contributed by atoms with Gasteiger partial charge < -0.3 is 10.1 Å². The van der Waals surface area contributed by atoms with Gasteiger partial charge in [-0.2, -0.15) is 0 Å². The monoisotopic (exact) mass is 252 g/mol. The smallest absolute Gasteiger partial charge is 0.126 e. The van der Waals surface area contributed by atoms with Crippen molar-refractivity contribution in [2.24, 2.45) is 0 Å². The summed E-state index contributed by atoms with van der Waals surface area (Å²) >= 11 is 0. The molecule has 1 aromatic carbocycles. The van der Waals surface area contributed by atoms with Crippen LogP contribution < -0.4 is 10.1 Å². The third-order valence-electron chi connectivity index (χ3n) is 3.95. The Morgan fingerprint density at radius 1 is 1.11 bits per heavy atom. The number of hydrogen-bond acceptors (Lipinski definition) is 3. The van der Waals surface area contributed by atoms with E-state index in [0.717, 1.165) is 18.0 Å². The zero-order chi connectivity index (χ0) is 12.7. The summed E-state index contributed by atoms with van der Waals surface area (Å²) in [5.41, 5.74) is 3.90. The Morgan fingerprint density at radius 2 is 2.05 bits per heavy atom. The molecule has 3 heteroatoms. The van der Waals surface area contributed by atoms with E-state index in [9.17, 15) is 0 Å². The average Bonchev–Trinajstić information content (AvgIpc) is 3.06. The van der Waals surface area contributed by atoms with E-state index in [0.29, 0.717) is 6.61 Å². The van der Waals surface area contributed by atoms with Crippen molar-refractivity contribution in [1.29, 1.82) is 0 Å². The molecule has 1 atom stereocenters. The highest BCUT2D eigenvalue weighted by atomic mass is 16.5. The fourth-order valence-corrected chi connectivity index (χ4v) is 2.96. The maximum absolute atomic E-state index is 5.69. The number of para-hydroxylation sites is 1. The van der Waals surface area contributed by atoms with E-state index in [1.165, 1.54) is 29.7 Å². The van der Waals surface area contributed by atoms with Gasteiger partial charge in [-0.15, -0.1) is 0 Å². The number of aromatic nitrogens is 1. The minimum Gasteiger partial charge on any atom is -0.491 e. The molecular weight excluding hydrogens is 236 g/mol. The van der Waals surface area contributed by atoms with Crippen molar-refractivity contribution in [3.63, 3.8) is 0 Å². The van der Waals surface area contributed by atoms with Crippen molar-refractivity contribution >= 4 is 5.82 Å². The minimum absolute atomic E-state index is 0.211. The first-order valence-corrected chi connectivity index (χ1v) is 6.87. The summed E-state index contributed by atoms with van der Waals surface area (Å²) in [5, 5.41) is 3.49. The highest BCUT2D eigenvalue weighted by Gasteiger charge is 2.24. The molecule has 0 bridgehead atoms. The molecule has 0 saturated heterocycles. The summed E-state index contributed by atoms with van der Waals surface area (Å²) in [4.78, 5) is 4.72. The molecule has 0 fully saturated rings. The van der Waals surface area contributed by atoms with Crippen LogP contribution in [0.2, 0.25) is 0 Å². The predicted octanol–water partition coefficient (Wildman–Crippen LogP) is 3.12. The van der Waals surface area contributed by atoms with Crippen molar-refractivity contribution in [3.05, 3.63) is 53.2 Å². The molecule has 1 aliphatic heterocycles. The maximum Gasteiger partial charge on any atom is 0.126 e. The molecule has 2 heterocycles. The molecule has 3 nitrogen and oxygen atoms in total. The van der Waals surface area contributed by atoms with Gasteiger partial charge in [0.05, 0.1) is 6.04 Å². The predicted molar refractivity (Wildman–Crippen MR) is 74.6 cm³/mol. The quantitative estimate of drug-likeness (QED) is 0.891. The molecule has 0 radical (unpaired) electrons. The van der Waals surface area contributed by atoms with E-state index in [1.807, 2.05) is 12.1 Å². The average molecular weight is 252 g/mol. The van der Waals surface area contributed by atoms with Crippen LogP contribution in [-0.2, 0) is 12.8 Å². The fourth-order valence-electron chi connectivity index (χ4n) is 2.96. The van der Waals surface area contributed by atoms with Crippen LogP contribution in [0.1, 0.15) is 29.3 Å². The van der Waals surface area contributed by atoms with Crippen LogP contribution in [0.25, 0.3) is 0 Å². The molecule has 1 aromatic heterocycles. The van der Waals surface area contributed by atoms with E-state index >= 15 is 0 Å². The number of fused-ring (bicyclic) bond motifs is 2. The maximum atomic E-state index is 5.69. The van der Waals surface area contributed by atoms with Gasteiger partial charge in [0.15, 0.2) is 0 Å². The second kappa shape index (κ2) is 4.26. The highest BCUT2D eigenvalue weighted by Crippen LogP contribution is 2.34. The number of nitrogens with zero attached hydrogens (tertiary/aromatic N) is 1. The summed E-state index contributed by atoms with van der Waals surface area (Å²) in [5.74, 6) is 1.95. The normalized spacial score (nSPS) is 19.7. The van der Waals surface area contributed by atoms with E-state index in [1.54, 1.807) is 0 Å². The second-order valence-corrected chi connectivity index (χ2v) is 5.20. The topological polar surface area (TPSA) is 34.1 Å². The van der Waals surface area contributed by atoms with Gasteiger partial charge in [0.25, 0.3) is 0 Å². The van der Waals surface area contributed by atoms with Crippen LogP contribution in [0.3, 0.4) is 0 Å². The van der Waals surface area contributed by atoms with Gasteiger partial charge in [-0.1, -0.05) is 24.3 Å². The van der Waals surface area contributed by atoms with Gasteiger partial charge in [-0.05, 0) is 37.0 Å². The van der Waals surface area contributed by atoms with Crippen LogP contribution in [0, 0.1) is 0 Å². The standard InChI is InChI=1S/C16H16N2O/c1-2-7-15-12(5-1)14(10-19-15)18-16-9-8-11-4-3-6-13(11)17-16/h1-2,5,7-9,14H,3-4,6,10H2,(H,17,18). The van der Waals surface area contributed by atoms with Gasteiger partial charge in [-0.25, -0.2) is 4.98 Å². The van der Waals surface area contributed by atoms with Crippen LogP contribution in [-0.4, -0.2) is 11.6 Å². The Labute approximate surface area is 112 Å². The van der Waals surface area contributed by atoms with Gasteiger partial charge in [-0.3, -0.25) is 0 Å². The third-order valence-corrected chi connectivity index (χ3v) is 3.95. The van der Waals surface area contributed by atoms with Crippen molar-refractivity contribution < 1.29 is 4.74 Å². The Hall–Kier alpha value is -2.03. The number of ether oxygens (including phenoxy) is 1. The summed E-state index contributed by atoms with van der Waals surface area (Å²) in [7, 11) is 0. The first kappa shape index (κ1) is 10.9. The first-order valence-electron chi connectivity index (χ1n) is 6.87. The lowest BCUT2D eigenvalue weighted by Crippen LogP contribution is -2.13.